The quantitative estimate of drug-likeness (QED) is 0.461. The number of hydrogen-bond acceptors (Lipinski definition) is 6. The third-order valence-corrected chi connectivity index (χ3v) is 7.06. The van der Waals surface area contributed by atoms with Crippen molar-refractivity contribution < 1.29 is 18.3 Å². The topological polar surface area (TPSA) is 53.9 Å². The summed E-state index contributed by atoms with van der Waals surface area (Å²) in [5.41, 5.74) is 3.62. The molecule has 1 aromatic carbocycles. The first-order chi connectivity index (χ1) is 14.8. The van der Waals surface area contributed by atoms with Crippen LogP contribution in [0.2, 0.25) is 5.02 Å². The predicted octanol–water partition coefficient (Wildman–Crippen LogP) is 5.69. The molecule has 0 bridgehead atoms. The average molecular weight is 462 g/mol. The first kappa shape index (κ1) is 20.2. The number of thiophene rings is 1. The lowest BCUT2D eigenvalue weighted by Crippen LogP contribution is -2.57. The maximum Gasteiger partial charge on any atom is 0.332 e. The molecule has 0 saturated heterocycles. The minimum Gasteiger partial charge on any atom is -0.440 e. The summed E-state index contributed by atoms with van der Waals surface area (Å²) in [6.45, 7) is 3.59. The van der Waals surface area contributed by atoms with Crippen molar-refractivity contribution in [3.63, 3.8) is 0 Å². The van der Waals surface area contributed by atoms with Crippen LogP contribution < -0.4 is 10.4 Å². The van der Waals surface area contributed by atoms with Crippen molar-refractivity contribution in [2.24, 2.45) is 4.99 Å². The molecule has 160 valence electrons. The van der Waals surface area contributed by atoms with E-state index in [4.69, 9.17) is 16.3 Å². The predicted molar refractivity (Wildman–Crippen MR) is 119 cm³/mol. The third-order valence-electron chi connectivity index (χ3n) is 5.64. The standard InChI is InChI=1S/C22H18ClF2N3O2S/c1-11-4-3-8-22-15(11)7-9-28(27-21(22)26-12(2)20(29)30-22)19-17(18(24)25)14-10-13(23)5-6-16(14)31-19/h3,5-10,12,18H,4H2,1-2H3,(H,26,27). The molecule has 0 saturated carbocycles. The Morgan fingerprint density at radius 2 is 2.23 bits per heavy atom. The van der Waals surface area contributed by atoms with E-state index in [1.165, 1.54) is 16.3 Å². The molecule has 0 radical (unpaired) electrons. The summed E-state index contributed by atoms with van der Waals surface area (Å²) < 4.78 is 34.9. The van der Waals surface area contributed by atoms with E-state index in [0.29, 0.717) is 32.4 Å². The molecule has 5 rings (SSSR count). The Kier molecular flexibility index (Phi) is 4.67. The van der Waals surface area contributed by atoms with Crippen LogP contribution in [-0.2, 0) is 9.53 Å². The number of fused-ring (bicyclic) bond motifs is 1. The number of alkyl halides is 2. The van der Waals surface area contributed by atoms with Gasteiger partial charge in [-0.3, -0.25) is 15.4 Å². The van der Waals surface area contributed by atoms with Crippen LogP contribution in [0.5, 0.6) is 0 Å². The Morgan fingerprint density at radius 3 is 3.00 bits per heavy atom. The summed E-state index contributed by atoms with van der Waals surface area (Å²) in [5.74, 6) is -0.0559. The number of hydrazine groups is 1. The van der Waals surface area contributed by atoms with Gasteiger partial charge in [-0.25, -0.2) is 13.6 Å². The molecule has 2 aliphatic heterocycles. The molecule has 1 aliphatic carbocycles. The Hall–Kier alpha value is -2.71. The molecule has 0 fully saturated rings. The van der Waals surface area contributed by atoms with Gasteiger partial charge < -0.3 is 4.74 Å². The van der Waals surface area contributed by atoms with E-state index >= 15 is 0 Å². The number of hydrogen-bond donors (Lipinski definition) is 1. The van der Waals surface area contributed by atoms with Crippen LogP contribution in [0.15, 0.2) is 58.8 Å². The van der Waals surface area contributed by atoms with Gasteiger partial charge >= 0.3 is 5.97 Å². The van der Waals surface area contributed by atoms with Crippen molar-refractivity contribution in [3.8, 4) is 0 Å². The fourth-order valence-corrected chi connectivity index (χ4v) is 5.42. The Labute approximate surface area is 186 Å². The van der Waals surface area contributed by atoms with Gasteiger partial charge in [0.25, 0.3) is 6.43 Å². The molecule has 3 aliphatic rings. The van der Waals surface area contributed by atoms with E-state index in [0.717, 1.165) is 11.1 Å². The van der Waals surface area contributed by atoms with Gasteiger partial charge in [-0.05, 0) is 50.6 Å². The van der Waals surface area contributed by atoms with E-state index in [-0.39, 0.29) is 5.56 Å². The van der Waals surface area contributed by atoms with Gasteiger partial charge in [-0.1, -0.05) is 23.3 Å². The van der Waals surface area contributed by atoms with E-state index < -0.39 is 24.0 Å². The zero-order valence-corrected chi connectivity index (χ0v) is 18.2. The third kappa shape index (κ3) is 3.08. The summed E-state index contributed by atoms with van der Waals surface area (Å²) in [6, 6.07) is 4.26. The Balaban J connectivity index is 1.70. The SMILES string of the molecule is CC1=C2C=CN(c3sc4ccc(Cl)cc4c3C(F)F)NC3=NC(C)C(=O)OC32C=CC1. The fourth-order valence-electron chi connectivity index (χ4n) is 4.11. The van der Waals surface area contributed by atoms with Gasteiger partial charge in [0.15, 0.2) is 5.84 Å². The molecule has 31 heavy (non-hydrogen) atoms. The summed E-state index contributed by atoms with van der Waals surface area (Å²) >= 11 is 7.30. The first-order valence-corrected chi connectivity index (χ1v) is 10.9. The lowest BCUT2D eigenvalue weighted by atomic mass is 9.82. The molecule has 2 unspecified atom stereocenters. The van der Waals surface area contributed by atoms with Gasteiger partial charge in [0.05, 0.1) is 5.56 Å². The van der Waals surface area contributed by atoms with Crippen LogP contribution in [0.3, 0.4) is 0 Å². The number of esters is 1. The number of rotatable bonds is 2. The van der Waals surface area contributed by atoms with E-state index in [1.54, 1.807) is 43.5 Å². The van der Waals surface area contributed by atoms with Crippen molar-refractivity contribution in [2.75, 3.05) is 5.01 Å². The summed E-state index contributed by atoms with van der Waals surface area (Å²) in [4.78, 5) is 16.9. The van der Waals surface area contributed by atoms with Crippen LogP contribution in [0.4, 0.5) is 13.8 Å². The van der Waals surface area contributed by atoms with Crippen LogP contribution in [0.1, 0.15) is 32.3 Å². The Bertz CT molecular complexity index is 1230. The number of carbonyl (C=O) groups excluding carboxylic acids is 1. The van der Waals surface area contributed by atoms with Crippen molar-refractivity contribution in [1.82, 2.24) is 5.43 Å². The number of nitrogens with zero attached hydrogens (tertiary/aromatic N) is 2. The number of nitrogens with one attached hydrogen (secondary N) is 1. The monoisotopic (exact) mass is 461 g/mol. The highest BCUT2D eigenvalue weighted by Gasteiger charge is 2.49. The second kappa shape index (κ2) is 7.17. The maximum atomic E-state index is 14.1. The number of anilines is 1. The van der Waals surface area contributed by atoms with Gasteiger partial charge in [0.2, 0.25) is 5.60 Å². The van der Waals surface area contributed by atoms with E-state index in [1.807, 2.05) is 13.0 Å². The van der Waals surface area contributed by atoms with Crippen LogP contribution in [0, 0.1) is 0 Å². The van der Waals surface area contributed by atoms with Gasteiger partial charge in [0, 0.05) is 26.9 Å². The molecule has 3 heterocycles. The second-order valence-corrected chi connectivity index (χ2v) is 9.14. The molecular weight excluding hydrogens is 444 g/mol. The average Bonchev–Trinajstić information content (AvgIpc) is 3.00. The minimum atomic E-state index is -2.71. The van der Waals surface area contributed by atoms with Crippen LogP contribution in [0.25, 0.3) is 10.1 Å². The molecular formula is C22H18ClF2N3O2S. The number of aliphatic imine (C=N–C) groups is 1. The number of benzene rings is 1. The largest absolute Gasteiger partial charge is 0.440 e. The molecule has 2 aromatic rings. The molecule has 2 atom stereocenters. The van der Waals surface area contributed by atoms with Crippen molar-refractivity contribution >= 4 is 49.8 Å². The van der Waals surface area contributed by atoms with Crippen LogP contribution in [-0.4, -0.2) is 23.4 Å². The Morgan fingerprint density at radius 1 is 1.42 bits per heavy atom. The summed E-state index contributed by atoms with van der Waals surface area (Å²) in [5, 5.41) is 2.66. The smallest absolute Gasteiger partial charge is 0.332 e. The number of allylic oxidation sites excluding steroid dienone is 2. The maximum absolute atomic E-state index is 14.1. The molecule has 1 N–H and O–H groups in total. The summed E-state index contributed by atoms with van der Waals surface area (Å²) in [7, 11) is 0. The van der Waals surface area contributed by atoms with Gasteiger partial charge in [-0.15, -0.1) is 11.3 Å². The lowest BCUT2D eigenvalue weighted by Gasteiger charge is -2.39. The minimum absolute atomic E-state index is 0.110. The first-order valence-electron chi connectivity index (χ1n) is 9.73. The van der Waals surface area contributed by atoms with Crippen LogP contribution >= 0.6 is 22.9 Å². The molecule has 9 heteroatoms. The molecule has 0 amide bonds. The van der Waals surface area contributed by atoms with Gasteiger partial charge in [0.1, 0.15) is 11.0 Å². The number of ether oxygens (including phenoxy) is 1. The molecule has 5 nitrogen and oxygen atoms in total. The van der Waals surface area contributed by atoms with Gasteiger partial charge in [-0.2, -0.15) is 0 Å². The highest BCUT2D eigenvalue weighted by atomic mass is 35.5. The molecule has 1 aromatic heterocycles. The van der Waals surface area contributed by atoms with Crippen molar-refractivity contribution in [3.05, 3.63) is 64.4 Å². The number of halogens is 3. The zero-order valence-electron chi connectivity index (χ0n) is 16.7. The highest BCUT2D eigenvalue weighted by Crippen LogP contribution is 2.45. The number of amidine groups is 1. The van der Waals surface area contributed by atoms with Crippen molar-refractivity contribution in [1.29, 1.82) is 0 Å². The summed E-state index contributed by atoms with van der Waals surface area (Å²) in [6.07, 6.45) is 5.20. The lowest BCUT2D eigenvalue weighted by molar-refractivity contribution is -0.151. The molecule has 1 spiro atoms. The zero-order chi connectivity index (χ0) is 21.9. The van der Waals surface area contributed by atoms with E-state index in [9.17, 15) is 13.6 Å². The normalized spacial score (nSPS) is 25.2. The van der Waals surface area contributed by atoms with Crippen molar-refractivity contribution in [2.45, 2.75) is 38.3 Å². The second-order valence-electron chi connectivity index (χ2n) is 7.67. The van der Waals surface area contributed by atoms with E-state index in [2.05, 4.69) is 10.4 Å². The highest BCUT2D eigenvalue weighted by molar-refractivity contribution is 7.23. The number of carbonyl (C=O) groups is 1. The fraction of sp³-hybridized carbons (Fsp3) is 0.273.